The first-order valence-corrected chi connectivity index (χ1v) is 35.4. The van der Waals surface area contributed by atoms with Crippen molar-refractivity contribution in [2.45, 2.75) is 348 Å². The van der Waals surface area contributed by atoms with E-state index < -0.39 is 6.10 Å². The lowest BCUT2D eigenvalue weighted by Crippen LogP contribution is -2.30. The molecule has 0 aromatic rings. The highest BCUT2D eigenvalue weighted by Crippen LogP contribution is 2.17. The zero-order chi connectivity index (χ0) is 59.9. The predicted octanol–water partition coefficient (Wildman–Crippen LogP) is 24.6. The lowest BCUT2D eigenvalue weighted by molar-refractivity contribution is -0.167. The third-order valence-electron chi connectivity index (χ3n) is 15.2. The van der Waals surface area contributed by atoms with Gasteiger partial charge in [-0.1, -0.05) is 310 Å². The first kappa shape index (κ1) is 79.1. The standard InChI is InChI=1S/C77H132O6/c1-4-7-10-13-16-19-22-25-28-29-30-31-32-33-34-35-36-37-38-39-40-41-42-43-44-45-46-47-50-52-55-58-61-64-67-70-76(79)82-73-74(83-77(80)71-68-65-62-59-56-53-49-27-24-21-18-15-12-9-6-3)72-81-75(78)69-66-63-60-57-54-51-48-26-23-20-17-14-11-8-5-2/h7,9-10,12,16,18-19,21,25-28,30-31,48-49,56,59,74H,4-6,8,11,13-15,17,20,22-24,29,32-47,50-55,57-58,60-73H2,1-3H3/b10-7-,12-9-,19-16-,21-18-,28-25-,31-30-,48-26-,49-27-,59-56-. The Kier molecular flexibility index (Phi) is 67.2. The number of unbranched alkanes of at least 4 members (excludes halogenated alkanes) is 35. The Morgan fingerprint density at radius 1 is 0.253 bits per heavy atom. The minimum Gasteiger partial charge on any atom is -0.462 e. The fourth-order valence-electron chi connectivity index (χ4n) is 10.0. The molecular weight excluding hydrogens is 1020 g/mol. The molecule has 0 radical (unpaired) electrons. The quantitative estimate of drug-likeness (QED) is 0.0261. The van der Waals surface area contributed by atoms with Crippen LogP contribution in [0.3, 0.4) is 0 Å². The number of esters is 3. The molecule has 0 aliphatic rings. The van der Waals surface area contributed by atoms with E-state index in [2.05, 4.69) is 130 Å². The zero-order valence-corrected chi connectivity index (χ0v) is 54.7. The molecule has 0 bridgehead atoms. The maximum atomic E-state index is 12.9. The van der Waals surface area contributed by atoms with E-state index in [-0.39, 0.29) is 37.5 Å². The molecule has 0 spiro atoms. The topological polar surface area (TPSA) is 78.9 Å². The van der Waals surface area contributed by atoms with Gasteiger partial charge in [-0.15, -0.1) is 0 Å². The number of carbonyl (C=O) groups excluding carboxylic acids is 3. The molecular formula is C77H132O6. The van der Waals surface area contributed by atoms with Crippen LogP contribution in [0, 0.1) is 0 Å². The average Bonchev–Trinajstić information content (AvgIpc) is 3.49. The number of rotatable bonds is 64. The first-order chi connectivity index (χ1) is 41.0. The molecule has 6 heteroatoms. The van der Waals surface area contributed by atoms with E-state index in [1.54, 1.807) is 0 Å². The average molecular weight is 1150 g/mol. The van der Waals surface area contributed by atoms with E-state index in [1.165, 1.54) is 186 Å². The highest BCUT2D eigenvalue weighted by atomic mass is 16.6. The molecule has 0 fully saturated rings. The molecule has 0 amide bonds. The summed E-state index contributed by atoms with van der Waals surface area (Å²) >= 11 is 0. The highest BCUT2D eigenvalue weighted by molar-refractivity contribution is 5.71. The largest absolute Gasteiger partial charge is 0.462 e. The molecule has 0 heterocycles. The first-order valence-electron chi connectivity index (χ1n) is 35.4. The van der Waals surface area contributed by atoms with Gasteiger partial charge in [-0.2, -0.15) is 0 Å². The highest BCUT2D eigenvalue weighted by Gasteiger charge is 2.19. The lowest BCUT2D eigenvalue weighted by Gasteiger charge is -2.18. The second kappa shape index (κ2) is 70.6. The monoisotopic (exact) mass is 1150 g/mol. The van der Waals surface area contributed by atoms with Crippen molar-refractivity contribution in [2.24, 2.45) is 0 Å². The third kappa shape index (κ3) is 68.7. The molecule has 0 aromatic heterocycles. The summed E-state index contributed by atoms with van der Waals surface area (Å²) in [4.78, 5) is 38.3. The van der Waals surface area contributed by atoms with Gasteiger partial charge in [0.1, 0.15) is 13.2 Å². The zero-order valence-electron chi connectivity index (χ0n) is 54.7. The van der Waals surface area contributed by atoms with Gasteiger partial charge in [-0.25, -0.2) is 0 Å². The van der Waals surface area contributed by atoms with Gasteiger partial charge in [0.2, 0.25) is 0 Å². The summed E-state index contributed by atoms with van der Waals surface area (Å²) in [6.45, 7) is 6.40. The van der Waals surface area contributed by atoms with E-state index in [0.29, 0.717) is 19.3 Å². The van der Waals surface area contributed by atoms with E-state index in [9.17, 15) is 14.4 Å². The Hall–Kier alpha value is -3.93. The number of allylic oxidation sites excluding steroid dienone is 18. The minimum absolute atomic E-state index is 0.0942. The summed E-state index contributed by atoms with van der Waals surface area (Å²) < 4.78 is 16.9. The van der Waals surface area contributed by atoms with Crippen molar-refractivity contribution in [2.75, 3.05) is 13.2 Å². The van der Waals surface area contributed by atoms with Crippen molar-refractivity contribution < 1.29 is 28.6 Å². The van der Waals surface area contributed by atoms with Crippen molar-refractivity contribution in [1.82, 2.24) is 0 Å². The fourth-order valence-corrected chi connectivity index (χ4v) is 10.0. The van der Waals surface area contributed by atoms with Crippen molar-refractivity contribution in [3.8, 4) is 0 Å². The van der Waals surface area contributed by atoms with Gasteiger partial charge in [0.25, 0.3) is 0 Å². The molecule has 0 saturated heterocycles. The van der Waals surface area contributed by atoms with E-state index in [0.717, 1.165) is 109 Å². The van der Waals surface area contributed by atoms with Crippen LogP contribution in [0.25, 0.3) is 0 Å². The second-order valence-electron chi connectivity index (χ2n) is 23.4. The van der Waals surface area contributed by atoms with Crippen LogP contribution in [-0.4, -0.2) is 37.2 Å². The molecule has 0 aliphatic heterocycles. The van der Waals surface area contributed by atoms with Crippen LogP contribution < -0.4 is 0 Å². The van der Waals surface area contributed by atoms with Crippen LogP contribution in [0.5, 0.6) is 0 Å². The lowest BCUT2D eigenvalue weighted by atomic mass is 10.0. The number of hydrogen-bond acceptors (Lipinski definition) is 6. The van der Waals surface area contributed by atoms with Crippen LogP contribution in [0.2, 0.25) is 0 Å². The summed E-state index contributed by atoms with van der Waals surface area (Å²) in [5.41, 5.74) is 0. The molecule has 1 atom stereocenters. The number of carbonyl (C=O) groups is 3. The van der Waals surface area contributed by atoms with Crippen molar-refractivity contribution in [1.29, 1.82) is 0 Å². The smallest absolute Gasteiger partial charge is 0.306 e. The van der Waals surface area contributed by atoms with Gasteiger partial charge in [0.05, 0.1) is 0 Å². The van der Waals surface area contributed by atoms with E-state index >= 15 is 0 Å². The maximum Gasteiger partial charge on any atom is 0.306 e. The Morgan fingerprint density at radius 3 is 0.771 bits per heavy atom. The molecule has 83 heavy (non-hydrogen) atoms. The third-order valence-corrected chi connectivity index (χ3v) is 15.2. The van der Waals surface area contributed by atoms with Gasteiger partial charge in [-0.3, -0.25) is 14.4 Å². The van der Waals surface area contributed by atoms with E-state index in [4.69, 9.17) is 14.2 Å². The van der Waals surface area contributed by atoms with Crippen LogP contribution in [0.1, 0.15) is 342 Å². The number of ether oxygens (including phenoxy) is 3. The van der Waals surface area contributed by atoms with Crippen LogP contribution in [0.4, 0.5) is 0 Å². The molecule has 1 unspecified atom stereocenters. The molecule has 6 nitrogen and oxygen atoms in total. The second-order valence-corrected chi connectivity index (χ2v) is 23.4. The van der Waals surface area contributed by atoms with Gasteiger partial charge in [0, 0.05) is 19.3 Å². The Balaban J connectivity index is 4.15. The minimum atomic E-state index is -0.803. The van der Waals surface area contributed by atoms with Gasteiger partial charge >= 0.3 is 17.9 Å². The van der Waals surface area contributed by atoms with Crippen LogP contribution in [-0.2, 0) is 28.6 Å². The molecule has 0 rings (SSSR count). The van der Waals surface area contributed by atoms with E-state index in [1.807, 2.05) is 0 Å². The normalized spacial score (nSPS) is 12.8. The van der Waals surface area contributed by atoms with Crippen molar-refractivity contribution in [3.05, 3.63) is 109 Å². The molecule has 0 saturated carbocycles. The summed E-state index contributed by atoms with van der Waals surface area (Å²) in [6, 6.07) is 0. The molecule has 476 valence electrons. The van der Waals surface area contributed by atoms with Gasteiger partial charge < -0.3 is 14.2 Å². The Labute approximate surface area is 514 Å². The van der Waals surface area contributed by atoms with Crippen molar-refractivity contribution in [3.63, 3.8) is 0 Å². The summed E-state index contributed by atoms with van der Waals surface area (Å²) in [7, 11) is 0. The molecule has 0 aromatic carbocycles. The van der Waals surface area contributed by atoms with Crippen LogP contribution >= 0.6 is 0 Å². The molecule has 0 aliphatic carbocycles. The SMILES string of the molecule is CC/C=C\C/C=C\C/C=C\C/C=C\CCCCCCCCCCCCCCCCCCCCCCCCC(=O)OCC(COC(=O)CCCCCCC/C=C\CCCCCCCC)OC(=O)CCCC/C=C\C/C=C\C/C=C\C/C=C\CC. The number of hydrogen-bond donors (Lipinski definition) is 0. The fraction of sp³-hybridized carbons (Fsp3) is 0.727. The molecule has 0 N–H and O–H groups in total. The Bertz CT molecular complexity index is 1660. The summed E-state index contributed by atoms with van der Waals surface area (Å²) in [5, 5.41) is 0. The summed E-state index contributed by atoms with van der Waals surface area (Å²) in [5.74, 6) is -0.931. The Morgan fingerprint density at radius 2 is 0.470 bits per heavy atom. The maximum absolute atomic E-state index is 12.9. The van der Waals surface area contributed by atoms with Gasteiger partial charge in [-0.05, 0) is 122 Å². The summed E-state index contributed by atoms with van der Waals surface area (Å²) in [6.07, 6.45) is 97.1. The van der Waals surface area contributed by atoms with Gasteiger partial charge in [0.15, 0.2) is 6.10 Å². The van der Waals surface area contributed by atoms with Crippen molar-refractivity contribution >= 4 is 17.9 Å². The predicted molar refractivity (Wildman–Crippen MR) is 362 cm³/mol. The van der Waals surface area contributed by atoms with Crippen LogP contribution in [0.15, 0.2) is 109 Å².